The molecule has 0 aliphatic carbocycles. The van der Waals surface area contributed by atoms with Crippen molar-refractivity contribution in [2.45, 2.75) is 6.42 Å². The molecule has 0 fully saturated rings. The minimum atomic E-state index is 0.288. The Balaban J connectivity index is 2.12. The lowest BCUT2D eigenvalue weighted by Gasteiger charge is -2.07. The van der Waals surface area contributed by atoms with Crippen LogP contribution in [0.3, 0.4) is 0 Å². The van der Waals surface area contributed by atoms with Crippen LogP contribution in [0.5, 0.6) is 0 Å². The van der Waals surface area contributed by atoms with Crippen LogP contribution in [0.2, 0.25) is 0 Å². The van der Waals surface area contributed by atoms with Gasteiger partial charge in [0, 0.05) is 31.3 Å². The first-order chi connectivity index (χ1) is 7.34. The Labute approximate surface area is 103 Å². The van der Waals surface area contributed by atoms with E-state index in [9.17, 15) is 0 Å². The van der Waals surface area contributed by atoms with Crippen LogP contribution in [-0.4, -0.2) is 34.7 Å². The third-order valence-electron chi connectivity index (χ3n) is 1.78. The number of anilines is 1. The number of hydrogen-bond acceptors (Lipinski definition) is 4. The number of aromatic nitrogens is 1. The van der Waals surface area contributed by atoms with Gasteiger partial charge in [0.1, 0.15) is 0 Å². The Bertz CT molecular complexity index is 286. The molecule has 1 heterocycles. The number of aliphatic hydroxyl groups is 1. The van der Waals surface area contributed by atoms with E-state index < -0.39 is 0 Å². The predicted octanol–water partition coefficient (Wildman–Crippen LogP) is 2.37. The Morgan fingerprint density at radius 1 is 1.47 bits per heavy atom. The summed E-state index contributed by atoms with van der Waals surface area (Å²) in [6.07, 6.45) is 4.43. The molecule has 3 nitrogen and oxygen atoms in total. The van der Waals surface area contributed by atoms with Gasteiger partial charge in [0.15, 0.2) is 0 Å². The second-order valence-corrected chi connectivity index (χ2v) is 5.05. The van der Waals surface area contributed by atoms with Gasteiger partial charge in [-0.05, 0) is 34.2 Å². The first kappa shape index (κ1) is 12.8. The molecule has 1 aromatic rings. The van der Waals surface area contributed by atoms with E-state index in [1.165, 1.54) is 0 Å². The van der Waals surface area contributed by atoms with Gasteiger partial charge in [-0.3, -0.25) is 4.98 Å². The maximum atomic E-state index is 8.60. The van der Waals surface area contributed by atoms with Crippen molar-refractivity contribution >= 4 is 33.4 Å². The zero-order valence-corrected chi connectivity index (χ0v) is 10.9. The zero-order valence-electron chi connectivity index (χ0n) is 8.45. The van der Waals surface area contributed by atoms with Gasteiger partial charge in [0.05, 0.1) is 10.2 Å². The van der Waals surface area contributed by atoms with Crippen molar-refractivity contribution in [1.29, 1.82) is 0 Å². The van der Waals surface area contributed by atoms with Gasteiger partial charge in [-0.2, -0.15) is 11.8 Å². The summed E-state index contributed by atoms with van der Waals surface area (Å²) in [6.45, 7) is 1.22. The Morgan fingerprint density at radius 3 is 3.07 bits per heavy atom. The molecule has 1 aromatic heterocycles. The molecular weight excluding hydrogens is 276 g/mol. The monoisotopic (exact) mass is 290 g/mol. The van der Waals surface area contributed by atoms with Crippen LogP contribution in [0.15, 0.2) is 22.9 Å². The first-order valence-corrected chi connectivity index (χ1v) is 6.81. The summed E-state index contributed by atoms with van der Waals surface area (Å²) in [6, 6.07) is 1.95. The van der Waals surface area contributed by atoms with E-state index in [0.29, 0.717) is 0 Å². The van der Waals surface area contributed by atoms with Gasteiger partial charge in [-0.25, -0.2) is 0 Å². The minimum absolute atomic E-state index is 0.288. The molecule has 0 saturated carbocycles. The normalized spacial score (nSPS) is 10.3. The Kier molecular flexibility index (Phi) is 6.80. The molecule has 2 N–H and O–H groups in total. The first-order valence-electron chi connectivity index (χ1n) is 4.86. The van der Waals surface area contributed by atoms with E-state index in [1.807, 2.05) is 17.8 Å². The molecule has 0 aromatic carbocycles. The van der Waals surface area contributed by atoms with E-state index in [4.69, 9.17) is 5.11 Å². The molecule has 0 aliphatic heterocycles. The minimum Gasteiger partial charge on any atom is -0.396 e. The van der Waals surface area contributed by atoms with Crippen LogP contribution in [-0.2, 0) is 0 Å². The summed E-state index contributed by atoms with van der Waals surface area (Å²) in [5, 5.41) is 11.9. The molecule has 5 heteroatoms. The summed E-state index contributed by atoms with van der Waals surface area (Å²) in [7, 11) is 0. The molecule has 0 saturated heterocycles. The predicted molar refractivity (Wildman–Crippen MR) is 69.5 cm³/mol. The molecule has 15 heavy (non-hydrogen) atoms. The van der Waals surface area contributed by atoms with Gasteiger partial charge in [-0.1, -0.05) is 0 Å². The average molecular weight is 291 g/mol. The smallest absolute Gasteiger partial charge is 0.0590 e. The van der Waals surface area contributed by atoms with Crippen LogP contribution < -0.4 is 5.32 Å². The van der Waals surface area contributed by atoms with Crippen LogP contribution in [0, 0.1) is 0 Å². The maximum absolute atomic E-state index is 8.60. The molecule has 0 bridgehead atoms. The fourth-order valence-corrected chi connectivity index (χ4v) is 2.22. The van der Waals surface area contributed by atoms with Gasteiger partial charge in [0.2, 0.25) is 0 Å². The van der Waals surface area contributed by atoms with Crippen molar-refractivity contribution < 1.29 is 5.11 Å². The highest BCUT2D eigenvalue weighted by atomic mass is 79.9. The molecule has 0 unspecified atom stereocenters. The number of aliphatic hydroxyl groups excluding tert-OH is 1. The molecule has 1 rings (SSSR count). The fourth-order valence-electron chi connectivity index (χ4n) is 1.05. The highest BCUT2D eigenvalue weighted by Crippen LogP contribution is 2.19. The zero-order chi connectivity index (χ0) is 10.9. The summed E-state index contributed by atoms with van der Waals surface area (Å²) >= 11 is 5.27. The van der Waals surface area contributed by atoms with Gasteiger partial charge in [0.25, 0.3) is 0 Å². The van der Waals surface area contributed by atoms with Crippen LogP contribution in [0.25, 0.3) is 0 Å². The number of nitrogens with one attached hydrogen (secondary N) is 1. The number of pyridine rings is 1. The lowest BCUT2D eigenvalue weighted by molar-refractivity contribution is 0.296. The van der Waals surface area contributed by atoms with E-state index >= 15 is 0 Å². The summed E-state index contributed by atoms with van der Waals surface area (Å²) in [5.74, 6) is 2.07. The van der Waals surface area contributed by atoms with E-state index in [-0.39, 0.29) is 6.61 Å². The number of hydrogen-bond donors (Lipinski definition) is 2. The van der Waals surface area contributed by atoms with Crippen LogP contribution >= 0.6 is 27.7 Å². The Hall–Kier alpha value is -0.260. The standard InChI is InChI=1S/C10H15BrN2OS/c11-9-8-12-3-2-10(9)13-4-7-15-6-1-5-14/h2-3,8,14H,1,4-7H2,(H,12,13). The summed E-state index contributed by atoms with van der Waals surface area (Å²) in [4.78, 5) is 3.99. The molecule has 0 amide bonds. The maximum Gasteiger partial charge on any atom is 0.0590 e. The fraction of sp³-hybridized carbons (Fsp3) is 0.500. The highest BCUT2D eigenvalue weighted by molar-refractivity contribution is 9.10. The average Bonchev–Trinajstić information content (AvgIpc) is 2.25. The molecule has 0 radical (unpaired) electrons. The second kappa shape index (κ2) is 7.96. The van der Waals surface area contributed by atoms with Crippen molar-refractivity contribution in [3.63, 3.8) is 0 Å². The van der Waals surface area contributed by atoms with Gasteiger partial charge in [-0.15, -0.1) is 0 Å². The molecular formula is C10H15BrN2OS. The topological polar surface area (TPSA) is 45.1 Å². The van der Waals surface area contributed by atoms with Crippen molar-refractivity contribution in [3.05, 3.63) is 22.9 Å². The largest absolute Gasteiger partial charge is 0.396 e. The SMILES string of the molecule is OCCCSCCNc1ccncc1Br. The van der Waals surface area contributed by atoms with Crippen molar-refractivity contribution in [2.75, 3.05) is 30.0 Å². The van der Waals surface area contributed by atoms with Crippen LogP contribution in [0.4, 0.5) is 5.69 Å². The van der Waals surface area contributed by atoms with Crippen molar-refractivity contribution in [1.82, 2.24) is 4.98 Å². The quantitative estimate of drug-likeness (QED) is 0.757. The van der Waals surface area contributed by atoms with Gasteiger partial charge >= 0.3 is 0 Å². The van der Waals surface area contributed by atoms with Crippen LogP contribution in [0.1, 0.15) is 6.42 Å². The number of rotatable bonds is 7. The second-order valence-electron chi connectivity index (χ2n) is 2.97. The van der Waals surface area contributed by atoms with E-state index in [0.717, 1.165) is 34.6 Å². The van der Waals surface area contributed by atoms with Crippen molar-refractivity contribution in [3.8, 4) is 0 Å². The lowest BCUT2D eigenvalue weighted by Crippen LogP contribution is -2.05. The van der Waals surface area contributed by atoms with E-state index in [1.54, 1.807) is 12.4 Å². The third-order valence-corrected chi connectivity index (χ3v) is 3.48. The number of halogens is 1. The Morgan fingerprint density at radius 2 is 2.33 bits per heavy atom. The van der Waals surface area contributed by atoms with Crippen molar-refractivity contribution in [2.24, 2.45) is 0 Å². The summed E-state index contributed by atoms with van der Waals surface area (Å²) < 4.78 is 0.991. The lowest BCUT2D eigenvalue weighted by atomic mass is 10.4. The molecule has 0 spiro atoms. The number of thioether (sulfide) groups is 1. The highest BCUT2D eigenvalue weighted by Gasteiger charge is 1.96. The molecule has 0 atom stereocenters. The third kappa shape index (κ3) is 5.39. The number of nitrogens with zero attached hydrogens (tertiary/aromatic N) is 1. The summed E-state index contributed by atoms with van der Waals surface area (Å²) in [5.41, 5.74) is 1.08. The molecule has 84 valence electrons. The van der Waals surface area contributed by atoms with E-state index in [2.05, 4.69) is 26.2 Å². The molecule has 0 aliphatic rings. The van der Waals surface area contributed by atoms with Gasteiger partial charge < -0.3 is 10.4 Å².